The fraction of sp³-hybridized carbons (Fsp3) is 0.333. The zero-order valence-electron chi connectivity index (χ0n) is 15.5. The van der Waals surface area contributed by atoms with E-state index in [1.807, 2.05) is 6.92 Å². The molecule has 0 fully saturated rings. The minimum atomic E-state index is -0.0370. The van der Waals surface area contributed by atoms with E-state index in [4.69, 9.17) is 4.52 Å². The number of rotatable bonds is 6. The normalized spacial score (nSPS) is 12.7. The minimum Gasteiger partial charge on any atom is -0.374 e. The second-order valence-electron chi connectivity index (χ2n) is 6.66. The second-order valence-corrected chi connectivity index (χ2v) is 6.66. The predicted molar refractivity (Wildman–Crippen MR) is 105 cm³/mol. The molecule has 2 aromatic heterocycles. The number of nitrogens with zero attached hydrogens (tertiary/aromatic N) is 3. The largest absolute Gasteiger partial charge is 0.374 e. The monoisotopic (exact) mass is 348 g/mol. The summed E-state index contributed by atoms with van der Waals surface area (Å²) in [7, 11) is 0. The number of nitrogens with one attached hydrogen (secondary N) is 1. The van der Waals surface area contributed by atoms with Gasteiger partial charge in [-0.1, -0.05) is 30.3 Å². The van der Waals surface area contributed by atoms with Crippen LogP contribution in [0, 0.1) is 0 Å². The number of aromatic nitrogens is 3. The van der Waals surface area contributed by atoms with Gasteiger partial charge in [0.1, 0.15) is 6.04 Å². The van der Waals surface area contributed by atoms with Gasteiger partial charge in [-0.25, -0.2) is 0 Å². The van der Waals surface area contributed by atoms with Crippen molar-refractivity contribution in [1.82, 2.24) is 14.7 Å². The first-order valence-electron chi connectivity index (χ1n) is 9.31. The minimum absolute atomic E-state index is 0.0370. The van der Waals surface area contributed by atoms with Gasteiger partial charge in [0, 0.05) is 40.5 Å². The Kier molecular flexibility index (Phi) is 4.37. The molecule has 4 aromatic rings. The van der Waals surface area contributed by atoms with Gasteiger partial charge < -0.3 is 14.4 Å². The van der Waals surface area contributed by atoms with E-state index >= 15 is 0 Å². The van der Waals surface area contributed by atoms with Crippen LogP contribution in [-0.2, 0) is 13.0 Å². The van der Waals surface area contributed by atoms with Crippen LogP contribution in [0.2, 0.25) is 0 Å². The Hall–Kier alpha value is -2.82. The molecule has 1 unspecified atom stereocenters. The first kappa shape index (κ1) is 16.6. The third-order valence-electron chi connectivity index (χ3n) is 4.80. The predicted octanol–water partition coefficient (Wildman–Crippen LogP) is 5.32. The van der Waals surface area contributed by atoms with Crippen LogP contribution in [-0.4, -0.2) is 14.7 Å². The lowest BCUT2D eigenvalue weighted by molar-refractivity contribution is 0.362. The highest BCUT2D eigenvalue weighted by molar-refractivity contribution is 6.09. The van der Waals surface area contributed by atoms with E-state index in [-0.39, 0.29) is 6.04 Å². The fourth-order valence-electron chi connectivity index (χ4n) is 3.56. The molecule has 0 aliphatic carbocycles. The molecule has 1 atom stereocenters. The van der Waals surface area contributed by atoms with E-state index in [2.05, 4.69) is 76.3 Å². The standard InChI is InChI=1S/C21H24N4O/c1-4-8-20-23-21(26-24-20)14(3)22-15-11-12-19-17(13-15)16-9-6-7-10-18(16)25(19)5-2/h6-7,9-14,22H,4-5,8H2,1-3H3. The summed E-state index contributed by atoms with van der Waals surface area (Å²) >= 11 is 0. The van der Waals surface area contributed by atoms with E-state index in [1.54, 1.807) is 0 Å². The Morgan fingerprint density at radius 2 is 1.88 bits per heavy atom. The van der Waals surface area contributed by atoms with E-state index in [9.17, 15) is 0 Å². The SMILES string of the molecule is CCCc1noc(C(C)Nc2ccc3c(c2)c2ccccc2n3CC)n1. The highest BCUT2D eigenvalue weighted by Gasteiger charge is 2.15. The van der Waals surface area contributed by atoms with Crippen molar-refractivity contribution in [1.29, 1.82) is 0 Å². The third-order valence-corrected chi connectivity index (χ3v) is 4.80. The average molecular weight is 348 g/mol. The first-order chi connectivity index (χ1) is 12.7. The summed E-state index contributed by atoms with van der Waals surface area (Å²) in [6, 6.07) is 15.0. The summed E-state index contributed by atoms with van der Waals surface area (Å²) in [5.74, 6) is 1.40. The number of aryl methyl sites for hydroxylation is 2. The Bertz CT molecular complexity index is 1050. The van der Waals surface area contributed by atoms with E-state index in [0.29, 0.717) is 5.89 Å². The summed E-state index contributed by atoms with van der Waals surface area (Å²) in [5, 5.41) is 10.1. The lowest BCUT2D eigenvalue weighted by Crippen LogP contribution is -2.07. The molecule has 26 heavy (non-hydrogen) atoms. The van der Waals surface area contributed by atoms with Gasteiger partial charge in [-0.05, 0) is 44.5 Å². The Labute approximate surface area is 153 Å². The molecule has 1 N–H and O–H groups in total. The molecule has 5 nitrogen and oxygen atoms in total. The molecule has 2 aromatic carbocycles. The molecule has 134 valence electrons. The smallest absolute Gasteiger partial charge is 0.248 e. The fourth-order valence-corrected chi connectivity index (χ4v) is 3.56. The lowest BCUT2D eigenvalue weighted by Gasteiger charge is -2.11. The molecule has 5 heteroatoms. The molecular formula is C21H24N4O. The van der Waals surface area contributed by atoms with Crippen LogP contribution >= 0.6 is 0 Å². The average Bonchev–Trinajstić information content (AvgIpc) is 3.24. The highest BCUT2D eigenvalue weighted by atomic mass is 16.5. The van der Waals surface area contributed by atoms with Gasteiger partial charge >= 0.3 is 0 Å². The van der Waals surface area contributed by atoms with E-state index < -0.39 is 0 Å². The number of fused-ring (bicyclic) bond motifs is 3. The molecular weight excluding hydrogens is 324 g/mol. The maximum absolute atomic E-state index is 5.40. The topological polar surface area (TPSA) is 55.9 Å². The molecule has 0 saturated heterocycles. The van der Waals surface area contributed by atoms with Crippen molar-refractivity contribution in [2.45, 2.75) is 46.2 Å². The van der Waals surface area contributed by atoms with Crippen LogP contribution in [0.4, 0.5) is 5.69 Å². The summed E-state index contributed by atoms with van der Waals surface area (Å²) < 4.78 is 7.76. The number of benzene rings is 2. The van der Waals surface area contributed by atoms with Crippen molar-refractivity contribution in [2.24, 2.45) is 0 Å². The van der Waals surface area contributed by atoms with Crippen LogP contribution in [0.1, 0.15) is 44.9 Å². The summed E-state index contributed by atoms with van der Waals surface area (Å²) in [5.41, 5.74) is 3.59. The Morgan fingerprint density at radius 1 is 1.08 bits per heavy atom. The summed E-state index contributed by atoms with van der Waals surface area (Å²) in [6.45, 7) is 7.29. The van der Waals surface area contributed by atoms with Crippen LogP contribution in [0.5, 0.6) is 0 Å². The van der Waals surface area contributed by atoms with Crippen molar-refractivity contribution in [3.8, 4) is 0 Å². The van der Waals surface area contributed by atoms with Crippen molar-refractivity contribution >= 4 is 27.5 Å². The van der Waals surface area contributed by atoms with Crippen LogP contribution in [0.3, 0.4) is 0 Å². The van der Waals surface area contributed by atoms with Gasteiger partial charge in [0.05, 0.1) is 0 Å². The van der Waals surface area contributed by atoms with Gasteiger partial charge in [-0.2, -0.15) is 4.98 Å². The summed E-state index contributed by atoms with van der Waals surface area (Å²) in [4.78, 5) is 4.48. The number of hydrogen-bond acceptors (Lipinski definition) is 4. The van der Waals surface area contributed by atoms with Gasteiger partial charge in [0.2, 0.25) is 5.89 Å². The van der Waals surface area contributed by atoms with E-state index in [1.165, 1.54) is 21.8 Å². The molecule has 0 saturated carbocycles. The van der Waals surface area contributed by atoms with Crippen molar-refractivity contribution in [3.63, 3.8) is 0 Å². The maximum Gasteiger partial charge on any atom is 0.248 e. The van der Waals surface area contributed by atoms with Gasteiger partial charge in [-0.15, -0.1) is 0 Å². The zero-order chi connectivity index (χ0) is 18.1. The summed E-state index contributed by atoms with van der Waals surface area (Å²) in [6.07, 6.45) is 1.86. The van der Waals surface area contributed by atoms with Crippen molar-refractivity contribution in [2.75, 3.05) is 5.32 Å². The van der Waals surface area contributed by atoms with Crippen LogP contribution in [0.25, 0.3) is 21.8 Å². The molecule has 4 rings (SSSR count). The number of para-hydroxylation sites is 1. The van der Waals surface area contributed by atoms with Gasteiger partial charge in [-0.3, -0.25) is 0 Å². The van der Waals surface area contributed by atoms with Gasteiger partial charge in [0.15, 0.2) is 5.82 Å². The first-order valence-corrected chi connectivity index (χ1v) is 9.31. The molecule has 0 radical (unpaired) electrons. The number of hydrogen-bond donors (Lipinski definition) is 1. The van der Waals surface area contributed by atoms with Crippen molar-refractivity contribution < 1.29 is 4.52 Å². The quantitative estimate of drug-likeness (QED) is 0.512. The van der Waals surface area contributed by atoms with Crippen LogP contribution in [0.15, 0.2) is 47.0 Å². The molecule has 0 bridgehead atoms. The molecule has 0 spiro atoms. The molecule has 2 heterocycles. The zero-order valence-corrected chi connectivity index (χ0v) is 15.5. The lowest BCUT2D eigenvalue weighted by atomic mass is 10.1. The number of anilines is 1. The van der Waals surface area contributed by atoms with Crippen molar-refractivity contribution in [3.05, 3.63) is 54.2 Å². The van der Waals surface area contributed by atoms with E-state index in [0.717, 1.165) is 30.9 Å². The molecule has 0 amide bonds. The van der Waals surface area contributed by atoms with Crippen LogP contribution < -0.4 is 5.32 Å². The third kappa shape index (κ3) is 2.83. The van der Waals surface area contributed by atoms with Gasteiger partial charge in [0.25, 0.3) is 0 Å². The maximum atomic E-state index is 5.40. The highest BCUT2D eigenvalue weighted by Crippen LogP contribution is 2.31. The Balaban J connectivity index is 1.67. The second kappa shape index (κ2) is 6.83. The molecule has 0 aliphatic heterocycles. The molecule has 0 aliphatic rings. The Morgan fingerprint density at radius 3 is 2.69 bits per heavy atom.